The van der Waals surface area contributed by atoms with Gasteiger partial charge in [0.25, 0.3) is 0 Å². The lowest BCUT2D eigenvalue weighted by atomic mass is 10.1. The standard InChI is InChI=1S/C10H15BrN2O2S2/c1-12-6-10(2-3-10)7-13-17(14,15)9-4-8(11)5-16-9/h4-5,12-13H,2-3,6-7H2,1H3. The number of nitrogens with one attached hydrogen (secondary N) is 2. The van der Waals surface area contributed by atoms with Gasteiger partial charge in [-0.2, -0.15) is 0 Å². The van der Waals surface area contributed by atoms with Crippen molar-refractivity contribution < 1.29 is 8.42 Å². The van der Waals surface area contributed by atoms with Crippen LogP contribution in [0, 0.1) is 5.41 Å². The van der Waals surface area contributed by atoms with E-state index >= 15 is 0 Å². The highest BCUT2D eigenvalue weighted by Gasteiger charge is 2.42. The van der Waals surface area contributed by atoms with Crippen LogP contribution in [0.2, 0.25) is 0 Å². The lowest BCUT2D eigenvalue weighted by Crippen LogP contribution is -2.34. The molecule has 4 nitrogen and oxygen atoms in total. The Morgan fingerprint density at radius 3 is 2.65 bits per heavy atom. The van der Waals surface area contributed by atoms with Gasteiger partial charge in [0.15, 0.2) is 0 Å². The first kappa shape index (κ1) is 13.5. The molecule has 0 bridgehead atoms. The van der Waals surface area contributed by atoms with Crippen molar-refractivity contribution in [1.82, 2.24) is 10.0 Å². The maximum atomic E-state index is 12.0. The van der Waals surface area contributed by atoms with Crippen molar-refractivity contribution in [2.75, 3.05) is 20.1 Å². The zero-order chi connectivity index (χ0) is 12.5. The van der Waals surface area contributed by atoms with E-state index in [0.717, 1.165) is 23.9 Å². The van der Waals surface area contributed by atoms with E-state index < -0.39 is 10.0 Å². The predicted molar refractivity (Wildman–Crippen MR) is 72.8 cm³/mol. The second-order valence-corrected chi connectivity index (χ2v) is 8.26. The van der Waals surface area contributed by atoms with Gasteiger partial charge in [-0.15, -0.1) is 11.3 Å². The molecule has 1 heterocycles. The van der Waals surface area contributed by atoms with Gasteiger partial charge in [0.05, 0.1) is 0 Å². The van der Waals surface area contributed by atoms with Crippen molar-refractivity contribution in [3.8, 4) is 0 Å². The topological polar surface area (TPSA) is 58.2 Å². The number of hydrogen-bond donors (Lipinski definition) is 2. The molecule has 17 heavy (non-hydrogen) atoms. The number of hydrogen-bond acceptors (Lipinski definition) is 4. The Balaban J connectivity index is 1.99. The summed E-state index contributed by atoms with van der Waals surface area (Å²) in [4.78, 5) is 0. The highest BCUT2D eigenvalue weighted by molar-refractivity contribution is 9.10. The number of halogens is 1. The molecule has 1 fully saturated rings. The number of thiophene rings is 1. The quantitative estimate of drug-likeness (QED) is 0.831. The van der Waals surface area contributed by atoms with Gasteiger partial charge in [0.2, 0.25) is 10.0 Å². The summed E-state index contributed by atoms with van der Waals surface area (Å²) in [5.74, 6) is 0. The van der Waals surface area contributed by atoms with Crippen molar-refractivity contribution >= 4 is 37.3 Å². The maximum absolute atomic E-state index is 12.0. The molecule has 2 N–H and O–H groups in total. The van der Waals surface area contributed by atoms with Crippen molar-refractivity contribution in [2.24, 2.45) is 5.41 Å². The number of sulfonamides is 1. The summed E-state index contributed by atoms with van der Waals surface area (Å²) >= 11 is 4.49. The van der Waals surface area contributed by atoms with Crippen molar-refractivity contribution in [3.63, 3.8) is 0 Å². The third-order valence-electron chi connectivity index (χ3n) is 2.95. The molecule has 0 unspecified atom stereocenters. The molecule has 1 aromatic heterocycles. The molecule has 0 spiro atoms. The summed E-state index contributed by atoms with van der Waals surface area (Å²) in [6, 6.07) is 1.63. The molecule has 0 atom stereocenters. The Labute approximate surface area is 114 Å². The summed E-state index contributed by atoms with van der Waals surface area (Å²) in [7, 11) is -1.45. The Morgan fingerprint density at radius 2 is 2.18 bits per heavy atom. The molecule has 2 rings (SSSR count). The van der Waals surface area contributed by atoms with Crippen LogP contribution < -0.4 is 10.0 Å². The summed E-state index contributed by atoms with van der Waals surface area (Å²) in [6.07, 6.45) is 2.18. The van der Waals surface area contributed by atoms with Gasteiger partial charge >= 0.3 is 0 Å². The molecule has 1 aliphatic rings. The molecule has 0 saturated heterocycles. The molecule has 1 saturated carbocycles. The van der Waals surface area contributed by atoms with Gasteiger partial charge in [-0.3, -0.25) is 0 Å². The van der Waals surface area contributed by atoms with Gasteiger partial charge in [-0.1, -0.05) is 0 Å². The average Bonchev–Trinajstić information content (AvgIpc) is 2.89. The lowest BCUT2D eigenvalue weighted by Gasteiger charge is -2.14. The van der Waals surface area contributed by atoms with Crippen LogP contribution in [0.5, 0.6) is 0 Å². The zero-order valence-corrected chi connectivity index (χ0v) is 12.7. The largest absolute Gasteiger partial charge is 0.319 e. The average molecular weight is 339 g/mol. The molecule has 1 aliphatic carbocycles. The summed E-state index contributed by atoms with van der Waals surface area (Å²) < 4.78 is 27.8. The minimum absolute atomic E-state index is 0.135. The van der Waals surface area contributed by atoms with Crippen molar-refractivity contribution in [1.29, 1.82) is 0 Å². The number of rotatable bonds is 6. The van der Waals surface area contributed by atoms with Gasteiger partial charge in [-0.25, -0.2) is 13.1 Å². The Bertz CT molecular complexity index is 494. The first-order valence-electron chi connectivity index (χ1n) is 5.36. The van der Waals surface area contributed by atoms with E-state index in [1.54, 1.807) is 11.4 Å². The molecular formula is C10H15BrN2O2S2. The highest BCUT2D eigenvalue weighted by atomic mass is 79.9. The Hall–Kier alpha value is 0.0500. The fourth-order valence-corrected chi connectivity index (χ4v) is 4.78. The summed E-state index contributed by atoms with van der Waals surface area (Å²) in [5, 5.41) is 4.88. The first-order chi connectivity index (χ1) is 7.97. The van der Waals surface area contributed by atoms with E-state index in [-0.39, 0.29) is 5.41 Å². The second-order valence-electron chi connectivity index (χ2n) is 4.44. The fourth-order valence-electron chi connectivity index (χ4n) is 1.72. The van der Waals surface area contributed by atoms with Crippen LogP contribution in [-0.4, -0.2) is 28.6 Å². The molecule has 1 aromatic rings. The Kier molecular flexibility index (Phi) is 3.94. The third kappa shape index (κ3) is 3.29. The van der Waals surface area contributed by atoms with E-state index in [1.807, 2.05) is 7.05 Å². The van der Waals surface area contributed by atoms with Gasteiger partial charge in [0, 0.05) is 22.9 Å². The molecule has 0 radical (unpaired) electrons. The molecule has 0 aliphatic heterocycles. The summed E-state index contributed by atoms with van der Waals surface area (Å²) in [5.41, 5.74) is 0.135. The minimum Gasteiger partial charge on any atom is -0.319 e. The van der Waals surface area contributed by atoms with E-state index in [9.17, 15) is 8.42 Å². The van der Waals surface area contributed by atoms with Crippen LogP contribution in [-0.2, 0) is 10.0 Å². The molecule has 7 heteroatoms. The van der Waals surface area contributed by atoms with Crippen LogP contribution in [0.4, 0.5) is 0 Å². The lowest BCUT2D eigenvalue weighted by molar-refractivity contribution is 0.468. The van der Waals surface area contributed by atoms with Gasteiger partial charge in [-0.05, 0) is 47.3 Å². The zero-order valence-electron chi connectivity index (χ0n) is 9.49. The predicted octanol–water partition coefficient (Wildman–Crippen LogP) is 1.79. The molecule has 96 valence electrons. The normalized spacial score (nSPS) is 18.2. The highest BCUT2D eigenvalue weighted by Crippen LogP contribution is 2.44. The molecular weight excluding hydrogens is 324 g/mol. The van der Waals surface area contributed by atoms with E-state index in [4.69, 9.17) is 0 Å². The van der Waals surface area contributed by atoms with Crippen LogP contribution in [0.25, 0.3) is 0 Å². The SMILES string of the molecule is CNCC1(CNS(=O)(=O)c2cc(Br)cs2)CC1. The first-order valence-corrected chi connectivity index (χ1v) is 8.51. The van der Waals surface area contributed by atoms with Crippen molar-refractivity contribution in [3.05, 3.63) is 15.9 Å². The van der Waals surface area contributed by atoms with E-state index in [2.05, 4.69) is 26.0 Å². The third-order valence-corrected chi connectivity index (χ3v) is 6.56. The molecule has 0 amide bonds. The van der Waals surface area contributed by atoms with Gasteiger partial charge < -0.3 is 5.32 Å². The smallest absolute Gasteiger partial charge is 0.250 e. The van der Waals surface area contributed by atoms with Crippen LogP contribution in [0.1, 0.15) is 12.8 Å². The maximum Gasteiger partial charge on any atom is 0.250 e. The summed E-state index contributed by atoms with van der Waals surface area (Å²) in [6.45, 7) is 1.38. The monoisotopic (exact) mass is 338 g/mol. The fraction of sp³-hybridized carbons (Fsp3) is 0.600. The van der Waals surface area contributed by atoms with E-state index in [1.165, 1.54) is 11.3 Å². The molecule has 0 aromatic carbocycles. The van der Waals surface area contributed by atoms with Crippen LogP contribution in [0.15, 0.2) is 20.1 Å². The van der Waals surface area contributed by atoms with Crippen LogP contribution in [0.3, 0.4) is 0 Å². The minimum atomic E-state index is -3.34. The van der Waals surface area contributed by atoms with Crippen molar-refractivity contribution in [2.45, 2.75) is 17.1 Å². The second kappa shape index (κ2) is 4.97. The Morgan fingerprint density at radius 1 is 1.47 bits per heavy atom. The van der Waals surface area contributed by atoms with Crippen LogP contribution >= 0.6 is 27.3 Å². The van der Waals surface area contributed by atoms with E-state index in [0.29, 0.717) is 10.8 Å². The van der Waals surface area contributed by atoms with Gasteiger partial charge in [0.1, 0.15) is 4.21 Å².